The van der Waals surface area contributed by atoms with Crippen LogP contribution in [-0.2, 0) is 6.42 Å². The van der Waals surface area contributed by atoms with Gasteiger partial charge in [-0.2, -0.15) is 5.26 Å². The monoisotopic (exact) mass is 191 g/mol. The molecular weight excluding hydrogens is 181 g/mol. The van der Waals surface area contributed by atoms with Gasteiger partial charge in [-0.05, 0) is 31.0 Å². The van der Waals surface area contributed by atoms with Crippen LogP contribution in [-0.4, -0.2) is 5.78 Å². The van der Waals surface area contributed by atoms with E-state index in [0.717, 1.165) is 6.07 Å². The van der Waals surface area contributed by atoms with Crippen molar-refractivity contribution in [3.63, 3.8) is 0 Å². The van der Waals surface area contributed by atoms with Gasteiger partial charge in [-0.25, -0.2) is 4.39 Å². The molecule has 0 spiro atoms. The highest BCUT2D eigenvalue weighted by Gasteiger charge is 2.12. The zero-order chi connectivity index (χ0) is 10.7. The normalized spacial score (nSPS) is 9.57. The summed E-state index contributed by atoms with van der Waals surface area (Å²) in [6.45, 7) is 3.20. The van der Waals surface area contributed by atoms with Gasteiger partial charge in [0, 0.05) is 5.56 Å². The van der Waals surface area contributed by atoms with Gasteiger partial charge in [0.05, 0.1) is 11.6 Å². The Labute approximate surface area is 82.0 Å². The molecule has 0 fully saturated rings. The summed E-state index contributed by atoms with van der Waals surface area (Å²) >= 11 is 0. The van der Waals surface area contributed by atoms with E-state index in [1.807, 2.05) is 13.0 Å². The lowest BCUT2D eigenvalue weighted by Gasteiger charge is -2.06. The molecule has 1 rings (SSSR count). The third kappa shape index (κ3) is 1.80. The van der Waals surface area contributed by atoms with Crippen LogP contribution >= 0.6 is 0 Å². The highest BCUT2D eigenvalue weighted by molar-refractivity contribution is 5.96. The zero-order valence-corrected chi connectivity index (χ0v) is 8.10. The Morgan fingerprint density at radius 3 is 2.64 bits per heavy atom. The lowest BCUT2D eigenvalue weighted by Crippen LogP contribution is -2.02. The van der Waals surface area contributed by atoms with Crippen LogP contribution in [0.15, 0.2) is 12.1 Å². The van der Waals surface area contributed by atoms with Crippen molar-refractivity contribution in [2.24, 2.45) is 0 Å². The molecule has 0 atom stereocenters. The van der Waals surface area contributed by atoms with Gasteiger partial charge in [0.1, 0.15) is 5.82 Å². The number of rotatable bonds is 2. The van der Waals surface area contributed by atoms with Crippen LogP contribution in [0.5, 0.6) is 0 Å². The lowest BCUT2D eigenvalue weighted by atomic mass is 9.97. The Morgan fingerprint density at radius 1 is 1.57 bits per heavy atom. The van der Waals surface area contributed by atoms with Crippen molar-refractivity contribution in [1.29, 1.82) is 5.26 Å². The third-order valence-corrected chi connectivity index (χ3v) is 2.07. The van der Waals surface area contributed by atoms with E-state index in [2.05, 4.69) is 0 Å². The maximum Gasteiger partial charge on any atom is 0.160 e. The molecule has 0 saturated carbocycles. The minimum atomic E-state index is -0.538. The molecule has 0 bridgehead atoms. The Bertz CT molecular complexity index is 418. The van der Waals surface area contributed by atoms with Gasteiger partial charge in [-0.15, -0.1) is 0 Å². The molecule has 3 heteroatoms. The molecule has 0 aliphatic heterocycles. The van der Waals surface area contributed by atoms with Crippen molar-refractivity contribution in [2.45, 2.75) is 20.3 Å². The van der Waals surface area contributed by atoms with Crippen molar-refractivity contribution >= 4 is 5.78 Å². The molecule has 1 aromatic rings. The summed E-state index contributed by atoms with van der Waals surface area (Å²) in [5, 5.41) is 8.75. The van der Waals surface area contributed by atoms with Crippen molar-refractivity contribution < 1.29 is 9.18 Å². The number of carbonyl (C=O) groups is 1. The SMILES string of the molecule is CCc1c(C#N)cc(F)cc1C(C)=O. The number of nitriles is 1. The van der Waals surface area contributed by atoms with Crippen LogP contribution in [0.3, 0.4) is 0 Å². The fraction of sp³-hybridized carbons (Fsp3) is 0.273. The Morgan fingerprint density at radius 2 is 2.21 bits per heavy atom. The number of hydrogen-bond acceptors (Lipinski definition) is 2. The van der Waals surface area contributed by atoms with Crippen LogP contribution in [0, 0.1) is 17.1 Å². The molecule has 14 heavy (non-hydrogen) atoms. The van der Waals surface area contributed by atoms with E-state index in [1.54, 1.807) is 0 Å². The molecule has 0 radical (unpaired) electrons. The molecule has 0 N–H and O–H groups in total. The lowest BCUT2D eigenvalue weighted by molar-refractivity contribution is 0.101. The second-order valence-corrected chi connectivity index (χ2v) is 3.00. The summed E-state index contributed by atoms with van der Waals surface area (Å²) in [6.07, 6.45) is 0.554. The largest absolute Gasteiger partial charge is 0.294 e. The van der Waals surface area contributed by atoms with Crippen molar-refractivity contribution in [1.82, 2.24) is 0 Å². The van der Waals surface area contributed by atoms with E-state index in [0.29, 0.717) is 17.5 Å². The quantitative estimate of drug-likeness (QED) is 0.674. The highest BCUT2D eigenvalue weighted by Crippen LogP contribution is 2.17. The molecule has 0 amide bonds. The first-order chi connectivity index (χ1) is 6.60. The molecule has 0 aromatic heterocycles. The summed E-state index contributed by atoms with van der Waals surface area (Å²) in [4.78, 5) is 11.2. The average molecular weight is 191 g/mol. The predicted octanol–water partition coefficient (Wildman–Crippen LogP) is 2.46. The molecule has 0 saturated heterocycles. The number of hydrogen-bond donors (Lipinski definition) is 0. The van der Waals surface area contributed by atoms with E-state index in [-0.39, 0.29) is 11.3 Å². The van der Waals surface area contributed by atoms with Crippen molar-refractivity contribution in [2.75, 3.05) is 0 Å². The number of carbonyl (C=O) groups excluding carboxylic acids is 1. The third-order valence-electron chi connectivity index (χ3n) is 2.07. The average Bonchev–Trinajstić information content (AvgIpc) is 2.16. The van der Waals surface area contributed by atoms with Crippen molar-refractivity contribution in [3.05, 3.63) is 34.6 Å². The van der Waals surface area contributed by atoms with Gasteiger partial charge in [0.2, 0.25) is 0 Å². The number of Topliss-reactive ketones (excluding diaryl/α,β-unsaturated/α-hetero) is 1. The molecule has 2 nitrogen and oxygen atoms in total. The topological polar surface area (TPSA) is 40.9 Å². The maximum atomic E-state index is 13.0. The molecular formula is C11H10FNO. The zero-order valence-electron chi connectivity index (χ0n) is 8.10. The van der Waals surface area contributed by atoms with Crippen LogP contribution in [0.4, 0.5) is 4.39 Å². The number of benzene rings is 1. The van der Waals surface area contributed by atoms with E-state index in [9.17, 15) is 9.18 Å². The first kappa shape index (κ1) is 10.4. The summed E-state index contributed by atoms with van der Waals surface area (Å²) < 4.78 is 13.0. The number of ketones is 1. The minimum absolute atomic E-state index is 0.210. The second kappa shape index (κ2) is 4.01. The van der Waals surface area contributed by atoms with Gasteiger partial charge < -0.3 is 0 Å². The molecule has 0 heterocycles. The predicted molar refractivity (Wildman–Crippen MR) is 50.5 cm³/mol. The minimum Gasteiger partial charge on any atom is -0.294 e. The molecule has 0 aliphatic carbocycles. The maximum absolute atomic E-state index is 13.0. The van der Waals surface area contributed by atoms with E-state index >= 15 is 0 Å². The summed E-state index contributed by atoms with van der Waals surface area (Å²) in [7, 11) is 0. The summed E-state index contributed by atoms with van der Waals surface area (Å²) in [5.74, 6) is -0.748. The second-order valence-electron chi connectivity index (χ2n) is 3.00. The summed E-state index contributed by atoms with van der Waals surface area (Å²) in [6, 6.07) is 4.23. The number of halogens is 1. The fourth-order valence-corrected chi connectivity index (χ4v) is 1.43. The van der Waals surface area contributed by atoms with Gasteiger partial charge in [-0.1, -0.05) is 6.92 Å². The first-order valence-corrected chi connectivity index (χ1v) is 4.33. The Kier molecular flexibility index (Phi) is 2.98. The Balaban J connectivity index is 3.49. The van der Waals surface area contributed by atoms with Crippen LogP contribution in [0.2, 0.25) is 0 Å². The summed E-state index contributed by atoms with van der Waals surface area (Å²) in [5.41, 5.74) is 1.18. The van der Waals surface area contributed by atoms with E-state index in [4.69, 9.17) is 5.26 Å². The smallest absolute Gasteiger partial charge is 0.160 e. The van der Waals surface area contributed by atoms with Gasteiger partial charge in [0.15, 0.2) is 5.78 Å². The number of nitrogens with zero attached hydrogens (tertiary/aromatic N) is 1. The van der Waals surface area contributed by atoms with E-state index < -0.39 is 5.82 Å². The molecule has 0 unspecified atom stereocenters. The van der Waals surface area contributed by atoms with Crippen molar-refractivity contribution in [3.8, 4) is 6.07 Å². The standard InChI is InChI=1S/C11H10FNO/c1-3-10-8(6-13)4-9(12)5-11(10)7(2)14/h4-5H,3H2,1-2H3. The first-order valence-electron chi connectivity index (χ1n) is 4.33. The molecule has 1 aromatic carbocycles. The van der Waals surface area contributed by atoms with Crippen LogP contribution in [0.25, 0.3) is 0 Å². The fourth-order valence-electron chi connectivity index (χ4n) is 1.43. The highest BCUT2D eigenvalue weighted by atomic mass is 19.1. The van der Waals surface area contributed by atoms with Gasteiger partial charge in [0.25, 0.3) is 0 Å². The van der Waals surface area contributed by atoms with Crippen LogP contribution in [0.1, 0.15) is 35.3 Å². The van der Waals surface area contributed by atoms with Crippen LogP contribution < -0.4 is 0 Å². The molecule has 0 aliphatic rings. The van der Waals surface area contributed by atoms with Gasteiger partial charge >= 0.3 is 0 Å². The molecule has 72 valence electrons. The van der Waals surface area contributed by atoms with E-state index in [1.165, 1.54) is 13.0 Å². The van der Waals surface area contributed by atoms with Gasteiger partial charge in [-0.3, -0.25) is 4.79 Å². The Hall–Kier alpha value is -1.69.